The van der Waals surface area contributed by atoms with E-state index in [4.69, 9.17) is 16.6 Å². The van der Waals surface area contributed by atoms with Crippen LogP contribution in [0.1, 0.15) is 53.4 Å². The highest BCUT2D eigenvalue weighted by Crippen LogP contribution is 2.08. The predicted octanol–water partition coefficient (Wildman–Crippen LogP) is -0.685. The average molecular weight is 416 g/mol. The SMILES string of the molecule is CC(C)CC(NC(=O)C(CCCCN)NC(=O)C(N)C(C)C)C(=O)NCC(=O)O. The molecule has 0 saturated heterocycles. The number of aliphatic carboxylic acids is 1. The van der Waals surface area contributed by atoms with Gasteiger partial charge in [0.1, 0.15) is 18.6 Å². The molecule has 0 spiro atoms. The number of carbonyl (C=O) groups is 4. The van der Waals surface area contributed by atoms with Crippen LogP contribution in [0, 0.1) is 11.8 Å². The van der Waals surface area contributed by atoms with Gasteiger partial charge < -0.3 is 32.5 Å². The third kappa shape index (κ3) is 11.4. The number of nitrogens with two attached hydrogens (primary N) is 2. The molecule has 0 aromatic rings. The van der Waals surface area contributed by atoms with E-state index in [2.05, 4.69) is 16.0 Å². The second-order valence-electron chi connectivity index (χ2n) is 7.92. The fourth-order valence-corrected chi connectivity index (χ4v) is 2.59. The second kappa shape index (κ2) is 13.9. The van der Waals surface area contributed by atoms with E-state index in [1.54, 1.807) is 13.8 Å². The van der Waals surface area contributed by atoms with Crippen molar-refractivity contribution in [2.75, 3.05) is 13.1 Å². The molecule has 29 heavy (non-hydrogen) atoms. The third-order valence-electron chi connectivity index (χ3n) is 4.35. The summed E-state index contributed by atoms with van der Waals surface area (Å²) in [6, 6.07) is -2.53. The summed E-state index contributed by atoms with van der Waals surface area (Å²) >= 11 is 0. The van der Waals surface area contributed by atoms with Gasteiger partial charge in [0.25, 0.3) is 0 Å². The molecule has 0 saturated carbocycles. The summed E-state index contributed by atoms with van der Waals surface area (Å²) in [5.41, 5.74) is 11.4. The maximum atomic E-state index is 12.8. The molecule has 0 rings (SSSR count). The van der Waals surface area contributed by atoms with Crippen molar-refractivity contribution in [1.29, 1.82) is 0 Å². The largest absolute Gasteiger partial charge is 0.480 e. The van der Waals surface area contributed by atoms with E-state index in [9.17, 15) is 19.2 Å². The normalized spacial score (nSPS) is 14.2. The smallest absolute Gasteiger partial charge is 0.322 e. The number of amides is 3. The molecular weight excluding hydrogens is 378 g/mol. The molecule has 0 aromatic carbocycles. The lowest BCUT2D eigenvalue weighted by Crippen LogP contribution is -2.56. The highest BCUT2D eigenvalue weighted by molar-refractivity contribution is 5.93. The first kappa shape index (κ1) is 26.8. The molecule has 8 N–H and O–H groups in total. The summed E-state index contributed by atoms with van der Waals surface area (Å²) in [6.45, 7) is 7.29. The van der Waals surface area contributed by atoms with Crippen LogP contribution in [-0.4, -0.2) is 60.0 Å². The Morgan fingerprint density at radius 2 is 1.48 bits per heavy atom. The van der Waals surface area contributed by atoms with Gasteiger partial charge in [-0.25, -0.2) is 0 Å². The van der Waals surface area contributed by atoms with E-state index < -0.39 is 48.4 Å². The molecule has 0 aliphatic carbocycles. The van der Waals surface area contributed by atoms with Crippen molar-refractivity contribution >= 4 is 23.7 Å². The molecule has 0 radical (unpaired) electrons. The van der Waals surface area contributed by atoms with Gasteiger partial charge in [-0.3, -0.25) is 19.2 Å². The van der Waals surface area contributed by atoms with Gasteiger partial charge in [-0.2, -0.15) is 0 Å². The first-order valence-corrected chi connectivity index (χ1v) is 10.0. The minimum Gasteiger partial charge on any atom is -0.480 e. The van der Waals surface area contributed by atoms with Gasteiger partial charge in [-0.15, -0.1) is 0 Å². The topological polar surface area (TPSA) is 177 Å². The summed E-state index contributed by atoms with van der Waals surface area (Å²) in [6.07, 6.45) is 1.98. The Labute approximate surface area is 172 Å². The maximum absolute atomic E-state index is 12.8. The van der Waals surface area contributed by atoms with Crippen LogP contribution in [0.2, 0.25) is 0 Å². The van der Waals surface area contributed by atoms with Crippen molar-refractivity contribution in [3.8, 4) is 0 Å². The molecule has 0 aliphatic rings. The molecule has 3 unspecified atom stereocenters. The molecule has 3 amide bonds. The number of carboxylic acid groups (broad SMARTS) is 1. The van der Waals surface area contributed by atoms with Gasteiger partial charge in [-0.05, 0) is 44.1 Å². The molecule has 0 bridgehead atoms. The monoisotopic (exact) mass is 415 g/mol. The van der Waals surface area contributed by atoms with Gasteiger partial charge in [-0.1, -0.05) is 27.7 Å². The van der Waals surface area contributed by atoms with Crippen molar-refractivity contribution in [3.63, 3.8) is 0 Å². The fraction of sp³-hybridized carbons (Fsp3) is 0.789. The minimum atomic E-state index is -1.18. The van der Waals surface area contributed by atoms with Crippen LogP contribution in [0.4, 0.5) is 0 Å². The van der Waals surface area contributed by atoms with Crippen LogP contribution in [0.3, 0.4) is 0 Å². The molecule has 3 atom stereocenters. The van der Waals surface area contributed by atoms with Crippen molar-refractivity contribution in [2.45, 2.75) is 71.5 Å². The lowest BCUT2D eigenvalue weighted by Gasteiger charge is -2.25. The van der Waals surface area contributed by atoms with Gasteiger partial charge >= 0.3 is 5.97 Å². The molecule has 0 heterocycles. The molecule has 168 valence electrons. The summed E-state index contributed by atoms with van der Waals surface area (Å²) in [5.74, 6) is -2.73. The van der Waals surface area contributed by atoms with Gasteiger partial charge in [0, 0.05) is 0 Å². The Morgan fingerprint density at radius 1 is 0.897 bits per heavy atom. The second-order valence-corrected chi connectivity index (χ2v) is 7.92. The lowest BCUT2D eigenvalue weighted by atomic mass is 10.0. The van der Waals surface area contributed by atoms with Crippen molar-refractivity contribution in [2.24, 2.45) is 23.3 Å². The zero-order valence-electron chi connectivity index (χ0n) is 17.9. The van der Waals surface area contributed by atoms with Gasteiger partial charge in [0.05, 0.1) is 6.04 Å². The maximum Gasteiger partial charge on any atom is 0.322 e. The van der Waals surface area contributed by atoms with E-state index in [0.29, 0.717) is 32.2 Å². The van der Waals surface area contributed by atoms with Crippen LogP contribution in [-0.2, 0) is 19.2 Å². The van der Waals surface area contributed by atoms with E-state index in [1.807, 2.05) is 13.8 Å². The molecule has 0 aromatic heterocycles. The Kier molecular flexibility index (Phi) is 12.8. The number of nitrogens with one attached hydrogen (secondary N) is 3. The zero-order valence-corrected chi connectivity index (χ0v) is 17.9. The standard InChI is InChI=1S/C19H37N5O5/c1-11(2)9-14(17(27)22-10-15(25)26)24-18(28)13(7-5-6-8-20)23-19(29)16(21)12(3)4/h11-14,16H,5-10,20-21H2,1-4H3,(H,22,27)(H,23,29)(H,24,28)(H,25,26). The Hall–Kier alpha value is -2.20. The van der Waals surface area contributed by atoms with Crippen LogP contribution in [0.15, 0.2) is 0 Å². The van der Waals surface area contributed by atoms with Crippen LogP contribution in [0.25, 0.3) is 0 Å². The fourth-order valence-electron chi connectivity index (χ4n) is 2.59. The lowest BCUT2D eigenvalue weighted by molar-refractivity contribution is -0.138. The molecule has 10 nitrogen and oxygen atoms in total. The van der Waals surface area contributed by atoms with Crippen LogP contribution < -0.4 is 27.4 Å². The summed E-state index contributed by atoms with van der Waals surface area (Å²) in [7, 11) is 0. The number of carbonyl (C=O) groups excluding carboxylic acids is 3. The number of hydrogen-bond donors (Lipinski definition) is 6. The molecule has 0 aliphatic heterocycles. The quantitative estimate of drug-likeness (QED) is 0.203. The number of hydrogen-bond acceptors (Lipinski definition) is 6. The van der Waals surface area contributed by atoms with Crippen LogP contribution in [0.5, 0.6) is 0 Å². The minimum absolute atomic E-state index is 0.0792. The number of carboxylic acids is 1. The van der Waals surface area contributed by atoms with E-state index in [1.165, 1.54) is 0 Å². The molecule has 0 fully saturated rings. The molecular formula is C19H37N5O5. The number of rotatable bonds is 14. The summed E-state index contributed by atoms with van der Waals surface area (Å²) < 4.78 is 0. The van der Waals surface area contributed by atoms with Crippen molar-refractivity contribution in [3.05, 3.63) is 0 Å². The molecule has 10 heteroatoms. The highest BCUT2D eigenvalue weighted by atomic mass is 16.4. The average Bonchev–Trinajstić information content (AvgIpc) is 2.63. The van der Waals surface area contributed by atoms with E-state index in [0.717, 1.165) is 0 Å². The van der Waals surface area contributed by atoms with E-state index in [-0.39, 0.29) is 11.8 Å². The highest BCUT2D eigenvalue weighted by Gasteiger charge is 2.29. The first-order chi connectivity index (χ1) is 13.5. The summed E-state index contributed by atoms with van der Waals surface area (Å²) in [5, 5.41) is 16.3. The van der Waals surface area contributed by atoms with Crippen molar-refractivity contribution in [1.82, 2.24) is 16.0 Å². The third-order valence-corrected chi connectivity index (χ3v) is 4.35. The van der Waals surface area contributed by atoms with Crippen LogP contribution >= 0.6 is 0 Å². The number of unbranched alkanes of at least 4 members (excludes halogenated alkanes) is 1. The zero-order chi connectivity index (χ0) is 22.6. The van der Waals surface area contributed by atoms with E-state index >= 15 is 0 Å². The first-order valence-electron chi connectivity index (χ1n) is 10.0. The van der Waals surface area contributed by atoms with Gasteiger partial charge in [0.15, 0.2) is 0 Å². The predicted molar refractivity (Wildman–Crippen MR) is 110 cm³/mol. The van der Waals surface area contributed by atoms with Crippen molar-refractivity contribution < 1.29 is 24.3 Å². The Morgan fingerprint density at radius 3 is 1.97 bits per heavy atom. The Bertz CT molecular complexity index is 553. The van der Waals surface area contributed by atoms with Gasteiger partial charge in [0.2, 0.25) is 17.7 Å². The Balaban J connectivity index is 5.23. The summed E-state index contributed by atoms with van der Waals surface area (Å²) in [4.78, 5) is 48.1.